The number of amides is 1. The summed E-state index contributed by atoms with van der Waals surface area (Å²) in [4.78, 5) is 14.6. The highest BCUT2D eigenvalue weighted by molar-refractivity contribution is 7.13. The summed E-state index contributed by atoms with van der Waals surface area (Å²) in [6, 6.07) is 11.8. The molecule has 0 atom stereocenters. The molecule has 4 heterocycles. The predicted octanol–water partition coefficient (Wildman–Crippen LogP) is 3.56. The van der Waals surface area contributed by atoms with E-state index in [9.17, 15) is 4.79 Å². The number of carbonyl (C=O) groups excluding carboxylic acids is 1. The molecule has 0 saturated carbocycles. The van der Waals surface area contributed by atoms with E-state index in [0.717, 1.165) is 10.6 Å². The van der Waals surface area contributed by atoms with Crippen molar-refractivity contribution in [1.29, 1.82) is 0 Å². The summed E-state index contributed by atoms with van der Waals surface area (Å²) < 4.78 is 3.42. The lowest BCUT2D eigenvalue weighted by Crippen LogP contribution is -2.21. The van der Waals surface area contributed by atoms with E-state index in [4.69, 9.17) is 0 Å². The molecule has 0 spiro atoms. The summed E-state index contributed by atoms with van der Waals surface area (Å²) in [5.41, 5.74) is 0.880. The van der Waals surface area contributed by atoms with E-state index in [1.807, 2.05) is 47.3 Å². The lowest BCUT2D eigenvalue weighted by atomic mass is 10.3. The van der Waals surface area contributed by atoms with E-state index in [2.05, 4.69) is 15.5 Å². The minimum atomic E-state index is -0.131. The van der Waals surface area contributed by atoms with Gasteiger partial charge in [0, 0.05) is 17.1 Å². The third kappa shape index (κ3) is 3.70. The fourth-order valence-corrected chi connectivity index (χ4v) is 3.83. The van der Waals surface area contributed by atoms with Gasteiger partial charge < -0.3 is 5.32 Å². The number of hydrogen-bond donors (Lipinski definition) is 1. The summed E-state index contributed by atoms with van der Waals surface area (Å²) in [5, 5.41) is 15.7. The molecule has 0 aliphatic rings. The average Bonchev–Trinajstić information content (AvgIpc) is 3.36. The van der Waals surface area contributed by atoms with E-state index in [1.54, 1.807) is 44.3 Å². The molecular formula is C17H15N5OS2. The number of hydrogen-bond acceptors (Lipinski definition) is 5. The molecular weight excluding hydrogens is 354 g/mol. The maximum absolute atomic E-state index is 12.3. The lowest BCUT2D eigenvalue weighted by Gasteiger charge is -2.08. The lowest BCUT2D eigenvalue weighted by molar-refractivity contribution is -0.116. The first-order valence-electron chi connectivity index (χ1n) is 7.69. The second-order valence-electron chi connectivity index (χ2n) is 5.38. The zero-order valence-electron chi connectivity index (χ0n) is 13.2. The zero-order valence-corrected chi connectivity index (χ0v) is 14.8. The molecule has 25 heavy (non-hydrogen) atoms. The summed E-state index contributed by atoms with van der Waals surface area (Å²) in [7, 11) is 0. The normalized spacial score (nSPS) is 10.9. The number of rotatable bonds is 6. The zero-order chi connectivity index (χ0) is 17.1. The van der Waals surface area contributed by atoms with Gasteiger partial charge >= 0.3 is 0 Å². The van der Waals surface area contributed by atoms with Crippen molar-refractivity contribution in [1.82, 2.24) is 19.6 Å². The van der Waals surface area contributed by atoms with Gasteiger partial charge in [-0.2, -0.15) is 10.2 Å². The topological polar surface area (TPSA) is 64.7 Å². The highest BCUT2D eigenvalue weighted by atomic mass is 32.1. The second-order valence-corrected chi connectivity index (χ2v) is 7.36. The van der Waals surface area contributed by atoms with Crippen molar-refractivity contribution < 1.29 is 4.79 Å². The van der Waals surface area contributed by atoms with Crippen LogP contribution in [-0.2, 0) is 17.9 Å². The van der Waals surface area contributed by atoms with Crippen LogP contribution in [0, 0.1) is 0 Å². The van der Waals surface area contributed by atoms with Crippen LogP contribution in [0.25, 0.3) is 10.6 Å². The van der Waals surface area contributed by atoms with Crippen molar-refractivity contribution in [3.05, 3.63) is 64.4 Å². The molecule has 4 aromatic heterocycles. The molecule has 4 aromatic rings. The third-order valence-electron chi connectivity index (χ3n) is 3.59. The van der Waals surface area contributed by atoms with E-state index >= 15 is 0 Å². The van der Waals surface area contributed by atoms with Gasteiger partial charge in [0.05, 0.1) is 17.6 Å². The van der Waals surface area contributed by atoms with Crippen molar-refractivity contribution in [3.63, 3.8) is 0 Å². The van der Waals surface area contributed by atoms with Gasteiger partial charge in [0.15, 0.2) is 0 Å². The second kappa shape index (κ2) is 7.04. The standard InChI is InChI=1S/C17H15N5OS2/c23-17(12-21-8-6-14(20-21)15-4-2-10-25-15)19-16-5-7-18-22(16)11-13-3-1-9-24-13/h1-10H,11-12H2,(H,19,23). The van der Waals surface area contributed by atoms with Gasteiger partial charge in [-0.05, 0) is 29.0 Å². The number of nitrogens with one attached hydrogen (secondary N) is 1. The molecule has 0 radical (unpaired) electrons. The van der Waals surface area contributed by atoms with E-state index < -0.39 is 0 Å². The molecule has 0 saturated heterocycles. The number of carbonyl (C=O) groups is 1. The maximum Gasteiger partial charge on any atom is 0.247 e. The number of nitrogens with zero attached hydrogens (tertiary/aromatic N) is 4. The Hall–Kier alpha value is -2.71. The van der Waals surface area contributed by atoms with Gasteiger partial charge in [0.25, 0.3) is 0 Å². The first-order chi connectivity index (χ1) is 12.3. The highest BCUT2D eigenvalue weighted by Gasteiger charge is 2.10. The van der Waals surface area contributed by atoms with Gasteiger partial charge in [-0.3, -0.25) is 9.48 Å². The fourth-order valence-electron chi connectivity index (χ4n) is 2.45. The summed E-state index contributed by atoms with van der Waals surface area (Å²) in [6.45, 7) is 0.806. The third-order valence-corrected chi connectivity index (χ3v) is 5.34. The van der Waals surface area contributed by atoms with Crippen molar-refractivity contribution in [2.45, 2.75) is 13.1 Å². The smallest absolute Gasteiger partial charge is 0.247 e. The van der Waals surface area contributed by atoms with Gasteiger partial charge in [0.2, 0.25) is 5.91 Å². The summed E-state index contributed by atoms with van der Waals surface area (Å²) >= 11 is 3.29. The molecule has 0 aliphatic carbocycles. The molecule has 1 amide bonds. The van der Waals surface area contributed by atoms with Crippen LogP contribution in [0.15, 0.2) is 59.6 Å². The Balaban J connectivity index is 1.40. The van der Waals surface area contributed by atoms with Gasteiger partial charge in [-0.15, -0.1) is 22.7 Å². The first-order valence-corrected chi connectivity index (χ1v) is 9.45. The van der Waals surface area contributed by atoms with Crippen LogP contribution >= 0.6 is 22.7 Å². The molecule has 6 nitrogen and oxygen atoms in total. The molecule has 0 aliphatic heterocycles. The molecule has 0 bridgehead atoms. The van der Waals surface area contributed by atoms with Crippen LogP contribution in [0.2, 0.25) is 0 Å². The van der Waals surface area contributed by atoms with Gasteiger partial charge in [0.1, 0.15) is 18.1 Å². The van der Waals surface area contributed by atoms with Crippen LogP contribution < -0.4 is 5.32 Å². The van der Waals surface area contributed by atoms with Crippen LogP contribution in [0.3, 0.4) is 0 Å². The van der Waals surface area contributed by atoms with Gasteiger partial charge in [-0.1, -0.05) is 12.1 Å². The van der Waals surface area contributed by atoms with Crippen molar-refractivity contribution >= 4 is 34.4 Å². The van der Waals surface area contributed by atoms with E-state index in [-0.39, 0.29) is 12.5 Å². The first kappa shape index (κ1) is 15.8. The Bertz CT molecular complexity index is 953. The van der Waals surface area contributed by atoms with Crippen molar-refractivity contribution in [3.8, 4) is 10.6 Å². The molecule has 4 rings (SSSR count). The molecule has 8 heteroatoms. The molecule has 0 aromatic carbocycles. The average molecular weight is 369 g/mol. The van der Waals surface area contributed by atoms with Gasteiger partial charge in [-0.25, -0.2) is 4.68 Å². The number of thiophene rings is 2. The van der Waals surface area contributed by atoms with Crippen LogP contribution in [0.1, 0.15) is 4.88 Å². The molecule has 126 valence electrons. The van der Waals surface area contributed by atoms with Crippen LogP contribution in [0.5, 0.6) is 0 Å². The highest BCUT2D eigenvalue weighted by Crippen LogP contribution is 2.22. The maximum atomic E-state index is 12.3. The van der Waals surface area contributed by atoms with E-state index in [1.165, 1.54) is 4.88 Å². The molecule has 0 unspecified atom stereocenters. The monoisotopic (exact) mass is 369 g/mol. The quantitative estimate of drug-likeness (QED) is 0.565. The molecule has 0 fully saturated rings. The SMILES string of the molecule is O=C(Cn1ccc(-c2cccs2)n1)Nc1ccnn1Cc1cccs1. The molecule has 1 N–H and O–H groups in total. The largest absolute Gasteiger partial charge is 0.309 e. The van der Waals surface area contributed by atoms with Crippen LogP contribution in [-0.4, -0.2) is 25.5 Å². The Labute approximate surface area is 152 Å². The minimum Gasteiger partial charge on any atom is -0.309 e. The van der Waals surface area contributed by atoms with Crippen molar-refractivity contribution in [2.24, 2.45) is 0 Å². The Morgan fingerprint density at radius 3 is 2.80 bits per heavy atom. The fraction of sp³-hybridized carbons (Fsp3) is 0.118. The van der Waals surface area contributed by atoms with E-state index in [0.29, 0.717) is 12.4 Å². The Kier molecular flexibility index (Phi) is 4.45. The Morgan fingerprint density at radius 2 is 2.00 bits per heavy atom. The Morgan fingerprint density at radius 1 is 1.12 bits per heavy atom. The predicted molar refractivity (Wildman–Crippen MR) is 99.8 cm³/mol. The summed E-state index contributed by atoms with van der Waals surface area (Å²) in [5.74, 6) is 0.554. The summed E-state index contributed by atoms with van der Waals surface area (Å²) in [6.07, 6.45) is 3.50. The number of aromatic nitrogens is 4. The van der Waals surface area contributed by atoms with Crippen molar-refractivity contribution in [2.75, 3.05) is 5.32 Å². The number of anilines is 1. The van der Waals surface area contributed by atoms with Crippen LogP contribution in [0.4, 0.5) is 5.82 Å². The minimum absolute atomic E-state index is 0.131.